The number of benzene rings is 1. The minimum absolute atomic E-state index is 0.0521. The molecule has 0 spiro atoms. The van der Waals surface area contributed by atoms with Gasteiger partial charge in [-0.3, -0.25) is 4.79 Å². The number of hydrogen-bond acceptors (Lipinski definition) is 3. The van der Waals surface area contributed by atoms with Crippen molar-refractivity contribution in [1.29, 1.82) is 0 Å². The normalized spacial score (nSPS) is 26.8. The molecule has 2 unspecified atom stereocenters. The van der Waals surface area contributed by atoms with Gasteiger partial charge in [-0.2, -0.15) is 0 Å². The Bertz CT molecular complexity index is 474. The van der Waals surface area contributed by atoms with Crippen LogP contribution in [0, 0.1) is 0 Å². The molecule has 3 rings (SSSR count). The fourth-order valence-electron chi connectivity index (χ4n) is 2.75. The van der Waals surface area contributed by atoms with Gasteiger partial charge in [0.15, 0.2) is 0 Å². The van der Waals surface area contributed by atoms with Crippen molar-refractivity contribution in [3.05, 3.63) is 29.8 Å². The van der Waals surface area contributed by atoms with E-state index < -0.39 is 0 Å². The highest BCUT2D eigenvalue weighted by Gasteiger charge is 2.29. The molecule has 102 valence electrons. The summed E-state index contributed by atoms with van der Waals surface area (Å²) >= 11 is 0. The maximum Gasteiger partial charge on any atom is 0.257 e. The molecule has 0 N–H and O–H groups in total. The SMILES string of the molecule is CC1CCC(CN2CCOc3ccccc3C2=O)O1. The first-order valence-electron chi connectivity index (χ1n) is 6.90. The van der Waals surface area contributed by atoms with E-state index in [1.807, 2.05) is 29.2 Å². The van der Waals surface area contributed by atoms with Crippen LogP contribution in [0.5, 0.6) is 5.75 Å². The number of nitrogens with zero attached hydrogens (tertiary/aromatic N) is 1. The van der Waals surface area contributed by atoms with Crippen LogP contribution >= 0.6 is 0 Å². The summed E-state index contributed by atoms with van der Waals surface area (Å²) in [5, 5.41) is 0. The van der Waals surface area contributed by atoms with Gasteiger partial charge in [-0.1, -0.05) is 12.1 Å². The van der Waals surface area contributed by atoms with Crippen LogP contribution in [-0.2, 0) is 4.74 Å². The smallest absolute Gasteiger partial charge is 0.257 e. The predicted molar refractivity (Wildman–Crippen MR) is 71.4 cm³/mol. The molecule has 0 aromatic heterocycles. The summed E-state index contributed by atoms with van der Waals surface area (Å²) in [5.41, 5.74) is 0.658. The Morgan fingerprint density at radius 1 is 1.32 bits per heavy atom. The Labute approximate surface area is 113 Å². The van der Waals surface area contributed by atoms with Crippen molar-refractivity contribution >= 4 is 5.91 Å². The van der Waals surface area contributed by atoms with Crippen LogP contribution in [0.3, 0.4) is 0 Å². The Kier molecular flexibility index (Phi) is 3.42. The number of hydrogen-bond donors (Lipinski definition) is 0. The van der Waals surface area contributed by atoms with Gasteiger partial charge in [0.25, 0.3) is 5.91 Å². The summed E-state index contributed by atoms with van der Waals surface area (Å²) in [5.74, 6) is 0.743. The quantitative estimate of drug-likeness (QED) is 0.818. The molecule has 0 aliphatic carbocycles. The third kappa shape index (κ3) is 2.59. The van der Waals surface area contributed by atoms with E-state index in [2.05, 4.69) is 6.92 Å². The first kappa shape index (κ1) is 12.5. The molecule has 0 radical (unpaired) electrons. The van der Waals surface area contributed by atoms with Gasteiger partial charge in [0.1, 0.15) is 12.4 Å². The average Bonchev–Trinajstić information content (AvgIpc) is 2.75. The number of ether oxygens (including phenoxy) is 2. The van der Waals surface area contributed by atoms with Gasteiger partial charge in [0.2, 0.25) is 0 Å². The first-order chi connectivity index (χ1) is 9.24. The number of carbonyl (C=O) groups excluding carboxylic acids is 1. The van der Waals surface area contributed by atoms with E-state index in [1.54, 1.807) is 0 Å². The summed E-state index contributed by atoms with van der Waals surface area (Å²) in [7, 11) is 0. The van der Waals surface area contributed by atoms with E-state index in [1.165, 1.54) is 0 Å². The van der Waals surface area contributed by atoms with E-state index in [0.717, 1.165) is 12.8 Å². The second-order valence-electron chi connectivity index (χ2n) is 5.24. The monoisotopic (exact) mass is 261 g/mol. The van der Waals surface area contributed by atoms with Crippen molar-refractivity contribution in [2.45, 2.75) is 32.0 Å². The molecule has 2 atom stereocenters. The van der Waals surface area contributed by atoms with Crippen molar-refractivity contribution in [2.24, 2.45) is 0 Å². The van der Waals surface area contributed by atoms with E-state index >= 15 is 0 Å². The molecule has 4 heteroatoms. The molecular formula is C15H19NO3. The fraction of sp³-hybridized carbons (Fsp3) is 0.533. The highest BCUT2D eigenvalue weighted by Crippen LogP contribution is 2.25. The zero-order chi connectivity index (χ0) is 13.2. The van der Waals surface area contributed by atoms with Crippen LogP contribution in [-0.4, -0.2) is 42.7 Å². The fourth-order valence-corrected chi connectivity index (χ4v) is 2.75. The summed E-state index contributed by atoms with van der Waals surface area (Å²) < 4.78 is 11.4. The third-order valence-corrected chi connectivity index (χ3v) is 3.77. The van der Waals surface area contributed by atoms with E-state index in [-0.39, 0.29) is 12.0 Å². The molecule has 0 saturated carbocycles. The molecule has 2 aliphatic rings. The lowest BCUT2D eigenvalue weighted by Gasteiger charge is -2.23. The van der Waals surface area contributed by atoms with Gasteiger partial charge < -0.3 is 14.4 Å². The Balaban J connectivity index is 1.74. The van der Waals surface area contributed by atoms with Crippen LogP contribution < -0.4 is 4.74 Å². The third-order valence-electron chi connectivity index (χ3n) is 3.77. The summed E-state index contributed by atoms with van der Waals surface area (Å²) in [6.45, 7) is 3.93. The molecule has 1 aromatic carbocycles. The highest BCUT2D eigenvalue weighted by molar-refractivity contribution is 5.97. The highest BCUT2D eigenvalue weighted by atomic mass is 16.5. The zero-order valence-electron chi connectivity index (χ0n) is 11.2. The molecule has 1 saturated heterocycles. The van der Waals surface area contributed by atoms with Crippen molar-refractivity contribution < 1.29 is 14.3 Å². The zero-order valence-corrected chi connectivity index (χ0v) is 11.2. The number of fused-ring (bicyclic) bond motifs is 1. The predicted octanol–water partition coefficient (Wildman–Crippen LogP) is 2.09. The lowest BCUT2D eigenvalue weighted by atomic mass is 10.1. The largest absolute Gasteiger partial charge is 0.491 e. The van der Waals surface area contributed by atoms with Gasteiger partial charge in [0.05, 0.1) is 24.3 Å². The summed E-state index contributed by atoms with van der Waals surface area (Å²) in [6.07, 6.45) is 2.60. The minimum atomic E-state index is 0.0521. The number of carbonyl (C=O) groups is 1. The number of rotatable bonds is 2. The Morgan fingerprint density at radius 3 is 2.95 bits per heavy atom. The summed E-state index contributed by atoms with van der Waals surface area (Å²) in [6, 6.07) is 7.44. The van der Waals surface area contributed by atoms with E-state index in [9.17, 15) is 4.79 Å². The van der Waals surface area contributed by atoms with Crippen molar-refractivity contribution in [2.75, 3.05) is 19.7 Å². The van der Waals surface area contributed by atoms with Crippen molar-refractivity contribution in [3.8, 4) is 5.75 Å². The molecule has 2 aliphatic heterocycles. The summed E-state index contributed by atoms with van der Waals surface area (Å²) in [4.78, 5) is 14.4. The number of para-hydroxylation sites is 1. The van der Waals surface area contributed by atoms with Crippen LogP contribution in [0.25, 0.3) is 0 Å². The van der Waals surface area contributed by atoms with Gasteiger partial charge >= 0.3 is 0 Å². The molecule has 1 aromatic rings. The topological polar surface area (TPSA) is 38.8 Å². The van der Waals surface area contributed by atoms with Gasteiger partial charge in [-0.05, 0) is 31.9 Å². The first-order valence-corrected chi connectivity index (χ1v) is 6.90. The second-order valence-corrected chi connectivity index (χ2v) is 5.24. The van der Waals surface area contributed by atoms with Gasteiger partial charge in [-0.15, -0.1) is 0 Å². The Hall–Kier alpha value is -1.55. The van der Waals surface area contributed by atoms with Crippen molar-refractivity contribution in [3.63, 3.8) is 0 Å². The van der Waals surface area contributed by atoms with E-state index in [0.29, 0.717) is 37.1 Å². The molecular weight excluding hydrogens is 242 g/mol. The van der Waals surface area contributed by atoms with Crippen molar-refractivity contribution in [1.82, 2.24) is 4.90 Å². The molecule has 19 heavy (non-hydrogen) atoms. The molecule has 2 heterocycles. The number of amides is 1. The molecule has 1 fully saturated rings. The molecule has 0 bridgehead atoms. The van der Waals surface area contributed by atoms with Crippen LogP contribution in [0.4, 0.5) is 0 Å². The lowest BCUT2D eigenvalue weighted by molar-refractivity contribution is 0.0275. The van der Waals surface area contributed by atoms with Crippen LogP contribution in [0.2, 0.25) is 0 Å². The molecule has 4 nitrogen and oxygen atoms in total. The van der Waals surface area contributed by atoms with Gasteiger partial charge in [0, 0.05) is 6.54 Å². The van der Waals surface area contributed by atoms with Crippen LogP contribution in [0.1, 0.15) is 30.1 Å². The van der Waals surface area contributed by atoms with Gasteiger partial charge in [-0.25, -0.2) is 0 Å². The maximum absolute atomic E-state index is 12.5. The average molecular weight is 261 g/mol. The van der Waals surface area contributed by atoms with E-state index in [4.69, 9.17) is 9.47 Å². The second kappa shape index (κ2) is 5.21. The van der Waals surface area contributed by atoms with Crippen LogP contribution in [0.15, 0.2) is 24.3 Å². The lowest BCUT2D eigenvalue weighted by Crippen LogP contribution is -2.38. The Morgan fingerprint density at radius 2 is 2.16 bits per heavy atom. The minimum Gasteiger partial charge on any atom is -0.491 e. The molecule has 1 amide bonds. The standard InChI is InChI=1S/C15H19NO3/c1-11-6-7-12(19-11)10-16-8-9-18-14-5-3-2-4-13(14)15(16)17/h2-5,11-12H,6-10H2,1H3. The maximum atomic E-state index is 12.5.